The summed E-state index contributed by atoms with van der Waals surface area (Å²) in [4.78, 5) is 15.0. The predicted octanol–water partition coefficient (Wildman–Crippen LogP) is 4.24. The first-order valence-electron chi connectivity index (χ1n) is 8.95. The number of anilines is 1. The van der Waals surface area contributed by atoms with E-state index in [1.54, 1.807) is 6.07 Å². The lowest BCUT2D eigenvalue weighted by atomic mass is 10.1. The number of ether oxygens (including phenoxy) is 1. The van der Waals surface area contributed by atoms with Gasteiger partial charge in [0.05, 0.1) is 0 Å². The van der Waals surface area contributed by atoms with Gasteiger partial charge in [0, 0.05) is 26.2 Å². The first-order valence-corrected chi connectivity index (χ1v) is 9.33. The third kappa shape index (κ3) is 4.12. The van der Waals surface area contributed by atoms with Crippen LogP contribution < -0.4 is 9.64 Å². The standard InChI is InChI=1S/C20H19ClF4N2O2/c1-11-4-3-5-13(12(11)2)29-10-14(28)26-6-8-27(9-7-26)20-18(24)16(22)15(21)17(23)19(20)25/h3-5H,6-10H2,1-2H3. The van der Waals surface area contributed by atoms with Crippen LogP contribution in [0, 0.1) is 37.1 Å². The number of carbonyl (C=O) groups excluding carboxylic acids is 1. The molecule has 0 spiro atoms. The number of carbonyl (C=O) groups is 1. The average Bonchev–Trinajstić information content (AvgIpc) is 2.72. The summed E-state index contributed by atoms with van der Waals surface area (Å²) in [5, 5.41) is -1.22. The Morgan fingerprint density at radius 2 is 1.59 bits per heavy atom. The first kappa shape index (κ1) is 21.2. The zero-order valence-electron chi connectivity index (χ0n) is 15.9. The smallest absolute Gasteiger partial charge is 0.260 e. The summed E-state index contributed by atoms with van der Waals surface area (Å²) in [5.41, 5.74) is 1.15. The summed E-state index contributed by atoms with van der Waals surface area (Å²) in [7, 11) is 0. The van der Waals surface area contributed by atoms with Crippen LogP contribution in [0.2, 0.25) is 5.02 Å². The molecule has 2 aromatic carbocycles. The van der Waals surface area contributed by atoms with Crippen molar-refractivity contribution in [2.45, 2.75) is 13.8 Å². The average molecular weight is 431 g/mol. The highest BCUT2D eigenvalue weighted by molar-refractivity contribution is 6.31. The summed E-state index contributed by atoms with van der Waals surface area (Å²) in [5.74, 6) is -6.06. The third-order valence-electron chi connectivity index (χ3n) is 5.04. The maximum atomic E-state index is 14.1. The van der Waals surface area contributed by atoms with Crippen LogP contribution in [-0.2, 0) is 4.79 Å². The lowest BCUT2D eigenvalue weighted by Crippen LogP contribution is -2.50. The van der Waals surface area contributed by atoms with Crippen LogP contribution >= 0.6 is 11.6 Å². The number of amides is 1. The quantitative estimate of drug-likeness (QED) is 0.413. The second-order valence-corrected chi connectivity index (χ2v) is 7.15. The van der Waals surface area contributed by atoms with Crippen molar-refractivity contribution in [1.82, 2.24) is 4.90 Å². The van der Waals surface area contributed by atoms with E-state index in [1.165, 1.54) is 4.90 Å². The second kappa shape index (κ2) is 8.49. The molecule has 0 radical (unpaired) electrons. The van der Waals surface area contributed by atoms with E-state index in [0.29, 0.717) is 5.75 Å². The van der Waals surface area contributed by atoms with Gasteiger partial charge in [0.2, 0.25) is 0 Å². The minimum Gasteiger partial charge on any atom is -0.483 e. The maximum Gasteiger partial charge on any atom is 0.260 e. The van der Waals surface area contributed by atoms with Gasteiger partial charge in [0.25, 0.3) is 5.91 Å². The van der Waals surface area contributed by atoms with Crippen LogP contribution in [0.25, 0.3) is 0 Å². The zero-order chi connectivity index (χ0) is 21.3. The van der Waals surface area contributed by atoms with Gasteiger partial charge in [-0.3, -0.25) is 4.79 Å². The normalized spacial score (nSPS) is 14.3. The van der Waals surface area contributed by atoms with Gasteiger partial charge in [-0.2, -0.15) is 0 Å². The van der Waals surface area contributed by atoms with E-state index in [0.717, 1.165) is 16.0 Å². The van der Waals surface area contributed by atoms with Crippen molar-refractivity contribution in [2.75, 3.05) is 37.7 Å². The molecule has 2 aromatic rings. The van der Waals surface area contributed by atoms with Crippen molar-refractivity contribution in [3.8, 4) is 5.75 Å². The highest BCUT2D eigenvalue weighted by Crippen LogP contribution is 2.34. The third-order valence-corrected chi connectivity index (χ3v) is 5.37. The van der Waals surface area contributed by atoms with Crippen molar-refractivity contribution in [1.29, 1.82) is 0 Å². The summed E-state index contributed by atoms with van der Waals surface area (Å²) in [6.07, 6.45) is 0. The van der Waals surface area contributed by atoms with Gasteiger partial charge >= 0.3 is 0 Å². The minimum absolute atomic E-state index is 0.00354. The molecule has 3 rings (SSSR count). The number of benzene rings is 2. The second-order valence-electron chi connectivity index (χ2n) is 6.77. The van der Waals surface area contributed by atoms with E-state index in [-0.39, 0.29) is 38.7 Å². The van der Waals surface area contributed by atoms with Crippen LogP contribution in [0.15, 0.2) is 18.2 Å². The van der Waals surface area contributed by atoms with Crippen molar-refractivity contribution in [3.05, 3.63) is 57.6 Å². The summed E-state index contributed by atoms with van der Waals surface area (Å²) < 4.78 is 61.2. The van der Waals surface area contributed by atoms with Gasteiger partial charge in [0.1, 0.15) is 16.5 Å². The number of nitrogens with zero attached hydrogens (tertiary/aromatic N) is 2. The molecule has 0 saturated carbocycles. The Hall–Kier alpha value is -2.48. The molecule has 1 saturated heterocycles. The van der Waals surface area contributed by atoms with Gasteiger partial charge < -0.3 is 14.5 Å². The fourth-order valence-corrected chi connectivity index (χ4v) is 3.33. The minimum atomic E-state index is -1.64. The van der Waals surface area contributed by atoms with Crippen LogP contribution in [0.1, 0.15) is 11.1 Å². The van der Waals surface area contributed by atoms with Gasteiger partial charge in [-0.05, 0) is 31.0 Å². The van der Waals surface area contributed by atoms with E-state index in [2.05, 4.69) is 0 Å². The number of hydrogen-bond acceptors (Lipinski definition) is 3. The van der Waals surface area contributed by atoms with Crippen molar-refractivity contribution >= 4 is 23.2 Å². The Labute approximate surface area is 170 Å². The lowest BCUT2D eigenvalue weighted by Gasteiger charge is -2.36. The van der Waals surface area contributed by atoms with Crippen LogP contribution in [0.5, 0.6) is 5.75 Å². The van der Waals surface area contributed by atoms with Gasteiger partial charge in [-0.1, -0.05) is 23.7 Å². The number of rotatable bonds is 4. The van der Waals surface area contributed by atoms with Gasteiger partial charge in [0.15, 0.2) is 29.9 Å². The summed E-state index contributed by atoms with van der Waals surface area (Å²) >= 11 is 5.25. The molecule has 29 heavy (non-hydrogen) atoms. The molecule has 0 unspecified atom stereocenters. The zero-order valence-corrected chi connectivity index (χ0v) is 16.6. The van der Waals surface area contributed by atoms with Gasteiger partial charge in [-0.25, -0.2) is 17.6 Å². The number of piperazine rings is 1. The van der Waals surface area contributed by atoms with Crippen LogP contribution in [0.3, 0.4) is 0 Å². The Morgan fingerprint density at radius 1 is 1.00 bits per heavy atom. The molecule has 1 heterocycles. The summed E-state index contributed by atoms with van der Waals surface area (Å²) in [6, 6.07) is 5.53. The van der Waals surface area contributed by atoms with Crippen molar-refractivity contribution < 1.29 is 27.1 Å². The van der Waals surface area contributed by atoms with Crippen LogP contribution in [0.4, 0.5) is 23.2 Å². The van der Waals surface area contributed by atoms with Gasteiger partial charge in [-0.15, -0.1) is 0 Å². The van der Waals surface area contributed by atoms with E-state index in [1.807, 2.05) is 26.0 Å². The van der Waals surface area contributed by atoms with E-state index < -0.39 is 34.0 Å². The van der Waals surface area contributed by atoms with Crippen molar-refractivity contribution in [2.24, 2.45) is 0 Å². The Morgan fingerprint density at radius 3 is 2.17 bits per heavy atom. The fraction of sp³-hybridized carbons (Fsp3) is 0.350. The summed E-state index contributed by atoms with van der Waals surface area (Å²) in [6.45, 7) is 3.90. The van der Waals surface area contributed by atoms with Crippen molar-refractivity contribution in [3.63, 3.8) is 0 Å². The number of halogens is 5. The fourth-order valence-electron chi connectivity index (χ4n) is 3.16. The number of aryl methyl sites for hydroxylation is 1. The molecule has 1 fully saturated rings. The Kier molecular flexibility index (Phi) is 6.21. The highest BCUT2D eigenvalue weighted by atomic mass is 35.5. The molecule has 0 N–H and O–H groups in total. The SMILES string of the molecule is Cc1cccc(OCC(=O)N2CCN(c3c(F)c(F)c(Cl)c(F)c3F)CC2)c1C. The monoisotopic (exact) mass is 430 g/mol. The molecule has 0 bridgehead atoms. The van der Waals surface area contributed by atoms with E-state index in [4.69, 9.17) is 16.3 Å². The molecular weight excluding hydrogens is 412 g/mol. The maximum absolute atomic E-state index is 14.1. The predicted molar refractivity (Wildman–Crippen MR) is 101 cm³/mol. The first-order chi connectivity index (χ1) is 13.7. The molecule has 1 aliphatic rings. The highest BCUT2D eigenvalue weighted by Gasteiger charge is 2.30. The lowest BCUT2D eigenvalue weighted by molar-refractivity contribution is -0.133. The molecule has 156 valence electrons. The van der Waals surface area contributed by atoms with Crippen LogP contribution in [-0.4, -0.2) is 43.6 Å². The molecule has 4 nitrogen and oxygen atoms in total. The molecule has 0 atom stereocenters. The molecule has 0 aliphatic carbocycles. The largest absolute Gasteiger partial charge is 0.483 e. The molecule has 0 aromatic heterocycles. The Bertz CT molecular complexity index is 918. The molecule has 1 amide bonds. The van der Waals surface area contributed by atoms with E-state index >= 15 is 0 Å². The van der Waals surface area contributed by atoms with E-state index in [9.17, 15) is 22.4 Å². The molecular formula is C20H19ClF4N2O2. The molecule has 1 aliphatic heterocycles. The molecule has 9 heteroatoms. The topological polar surface area (TPSA) is 32.8 Å². The number of hydrogen-bond donors (Lipinski definition) is 0. The Balaban J connectivity index is 1.64.